The quantitative estimate of drug-likeness (QED) is 0.809. The standard InChI is InChI=1S/C11H12BrNO3/c12-8-3-7(11(14)5-13-6-11)4-9-10(8)16-2-1-15-9/h3-4,13-14H,1-2,5-6H2. The molecule has 0 aromatic heterocycles. The molecular formula is C11H12BrNO3. The Bertz CT molecular complexity index is 431. The van der Waals surface area contributed by atoms with Crippen LogP contribution in [-0.4, -0.2) is 31.4 Å². The van der Waals surface area contributed by atoms with Gasteiger partial charge in [-0.2, -0.15) is 0 Å². The summed E-state index contributed by atoms with van der Waals surface area (Å²) in [5.41, 5.74) is 0.0978. The van der Waals surface area contributed by atoms with E-state index in [4.69, 9.17) is 9.47 Å². The molecular weight excluding hydrogens is 274 g/mol. The van der Waals surface area contributed by atoms with E-state index in [0.717, 1.165) is 15.8 Å². The fourth-order valence-electron chi connectivity index (χ4n) is 1.95. The SMILES string of the molecule is OC1(c2cc(Br)c3c(c2)OCCO3)CNC1. The van der Waals surface area contributed by atoms with Crippen LogP contribution in [0.5, 0.6) is 11.5 Å². The molecule has 5 heteroatoms. The maximum Gasteiger partial charge on any atom is 0.175 e. The Balaban J connectivity index is 2.05. The van der Waals surface area contributed by atoms with E-state index in [1.54, 1.807) is 0 Å². The van der Waals surface area contributed by atoms with Gasteiger partial charge in [-0.25, -0.2) is 0 Å². The first-order valence-electron chi connectivity index (χ1n) is 5.22. The summed E-state index contributed by atoms with van der Waals surface area (Å²) in [6.07, 6.45) is 0. The van der Waals surface area contributed by atoms with Gasteiger partial charge in [0.1, 0.15) is 18.8 Å². The minimum atomic E-state index is -0.766. The number of halogens is 1. The van der Waals surface area contributed by atoms with Crippen LogP contribution >= 0.6 is 15.9 Å². The molecule has 0 bridgehead atoms. The highest BCUT2D eigenvalue weighted by molar-refractivity contribution is 9.10. The van der Waals surface area contributed by atoms with Crippen LogP contribution in [0.4, 0.5) is 0 Å². The average molecular weight is 286 g/mol. The topological polar surface area (TPSA) is 50.7 Å². The van der Waals surface area contributed by atoms with Crippen molar-refractivity contribution in [3.05, 3.63) is 22.2 Å². The van der Waals surface area contributed by atoms with Gasteiger partial charge in [-0.3, -0.25) is 0 Å². The van der Waals surface area contributed by atoms with E-state index in [1.165, 1.54) is 0 Å². The fourth-order valence-corrected chi connectivity index (χ4v) is 2.50. The molecule has 4 nitrogen and oxygen atoms in total. The number of ether oxygens (including phenoxy) is 2. The summed E-state index contributed by atoms with van der Waals surface area (Å²) >= 11 is 3.44. The predicted octanol–water partition coefficient (Wildman–Crippen LogP) is 1.01. The number of hydrogen-bond donors (Lipinski definition) is 2. The van der Waals surface area contributed by atoms with Gasteiger partial charge in [-0.15, -0.1) is 0 Å². The van der Waals surface area contributed by atoms with Crippen LogP contribution < -0.4 is 14.8 Å². The van der Waals surface area contributed by atoms with Crippen molar-refractivity contribution in [3.8, 4) is 11.5 Å². The van der Waals surface area contributed by atoms with Crippen LogP contribution in [0.1, 0.15) is 5.56 Å². The molecule has 1 aromatic rings. The summed E-state index contributed by atoms with van der Waals surface area (Å²) in [5, 5.41) is 13.3. The Morgan fingerprint density at radius 3 is 2.69 bits per heavy atom. The van der Waals surface area contributed by atoms with Crippen molar-refractivity contribution in [3.63, 3.8) is 0 Å². The zero-order valence-electron chi connectivity index (χ0n) is 8.62. The van der Waals surface area contributed by atoms with E-state index in [0.29, 0.717) is 32.1 Å². The molecule has 0 amide bonds. The van der Waals surface area contributed by atoms with E-state index in [-0.39, 0.29) is 0 Å². The lowest BCUT2D eigenvalue weighted by Crippen LogP contribution is -2.56. The second kappa shape index (κ2) is 3.61. The highest BCUT2D eigenvalue weighted by Crippen LogP contribution is 2.41. The molecule has 2 aliphatic heterocycles. The molecule has 0 radical (unpaired) electrons. The molecule has 1 saturated heterocycles. The van der Waals surface area contributed by atoms with Crippen molar-refractivity contribution in [2.75, 3.05) is 26.3 Å². The Kier molecular flexibility index (Phi) is 2.34. The number of fused-ring (bicyclic) bond motifs is 1. The number of hydrogen-bond acceptors (Lipinski definition) is 4. The molecule has 86 valence electrons. The first-order valence-corrected chi connectivity index (χ1v) is 6.01. The maximum absolute atomic E-state index is 10.2. The molecule has 0 unspecified atom stereocenters. The van der Waals surface area contributed by atoms with E-state index >= 15 is 0 Å². The molecule has 0 spiro atoms. The molecule has 2 N–H and O–H groups in total. The first-order chi connectivity index (χ1) is 7.69. The van der Waals surface area contributed by atoms with Crippen LogP contribution in [0, 0.1) is 0 Å². The summed E-state index contributed by atoms with van der Waals surface area (Å²) < 4.78 is 11.9. The van der Waals surface area contributed by atoms with Crippen LogP contribution in [-0.2, 0) is 5.60 Å². The molecule has 1 aromatic carbocycles. The van der Waals surface area contributed by atoms with E-state index in [9.17, 15) is 5.11 Å². The van der Waals surface area contributed by atoms with Gasteiger partial charge in [-0.05, 0) is 33.6 Å². The third-order valence-corrected chi connectivity index (χ3v) is 3.56. The van der Waals surface area contributed by atoms with Gasteiger partial charge in [-0.1, -0.05) is 0 Å². The Labute approximate surface area is 102 Å². The smallest absolute Gasteiger partial charge is 0.175 e. The molecule has 16 heavy (non-hydrogen) atoms. The zero-order chi connectivity index (χ0) is 11.2. The number of rotatable bonds is 1. The van der Waals surface area contributed by atoms with E-state index in [2.05, 4.69) is 21.2 Å². The van der Waals surface area contributed by atoms with Gasteiger partial charge in [0, 0.05) is 13.1 Å². The lowest BCUT2D eigenvalue weighted by atomic mass is 9.88. The van der Waals surface area contributed by atoms with Crippen LogP contribution in [0.2, 0.25) is 0 Å². The molecule has 0 saturated carbocycles. The van der Waals surface area contributed by atoms with Crippen molar-refractivity contribution >= 4 is 15.9 Å². The van der Waals surface area contributed by atoms with Gasteiger partial charge in [0.25, 0.3) is 0 Å². The largest absolute Gasteiger partial charge is 0.486 e. The summed E-state index contributed by atoms with van der Waals surface area (Å²) in [4.78, 5) is 0. The van der Waals surface area contributed by atoms with E-state index < -0.39 is 5.60 Å². The van der Waals surface area contributed by atoms with Crippen LogP contribution in [0.25, 0.3) is 0 Å². The highest BCUT2D eigenvalue weighted by Gasteiger charge is 2.37. The lowest BCUT2D eigenvalue weighted by molar-refractivity contribution is -0.0150. The number of nitrogens with one attached hydrogen (secondary N) is 1. The van der Waals surface area contributed by atoms with Crippen molar-refractivity contribution in [1.29, 1.82) is 0 Å². The normalized spacial score (nSPS) is 21.4. The molecule has 2 aliphatic rings. The molecule has 0 atom stereocenters. The Hall–Kier alpha value is -0.780. The zero-order valence-corrected chi connectivity index (χ0v) is 10.2. The minimum Gasteiger partial charge on any atom is -0.486 e. The van der Waals surface area contributed by atoms with Crippen molar-refractivity contribution in [2.24, 2.45) is 0 Å². The number of benzene rings is 1. The third-order valence-electron chi connectivity index (χ3n) is 2.97. The van der Waals surface area contributed by atoms with E-state index in [1.807, 2.05) is 12.1 Å². The van der Waals surface area contributed by atoms with Gasteiger partial charge >= 0.3 is 0 Å². The Morgan fingerprint density at radius 2 is 2.00 bits per heavy atom. The lowest BCUT2D eigenvalue weighted by Gasteiger charge is -2.38. The second-order valence-corrected chi connectivity index (χ2v) is 4.97. The number of aliphatic hydroxyl groups is 1. The minimum absolute atomic E-state index is 0.555. The predicted molar refractivity (Wildman–Crippen MR) is 61.9 cm³/mol. The van der Waals surface area contributed by atoms with Gasteiger partial charge in [0.05, 0.1) is 4.47 Å². The second-order valence-electron chi connectivity index (χ2n) is 4.12. The van der Waals surface area contributed by atoms with Crippen LogP contribution in [0.15, 0.2) is 16.6 Å². The van der Waals surface area contributed by atoms with Crippen molar-refractivity contribution in [1.82, 2.24) is 5.32 Å². The van der Waals surface area contributed by atoms with Gasteiger partial charge in [0.2, 0.25) is 0 Å². The first kappa shape index (κ1) is 10.4. The molecule has 3 rings (SSSR count). The van der Waals surface area contributed by atoms with Gasteiger partial charge in [0.15, 0.2) is 11.5 Å². The fraction of sp³-hybridized carbons (Fsp3) is 0.455. The summed E-state index contributed by atoms with van der Waals surface area (Å²) in [5.74, 6) is 1.43. The summed E-state index contributed by atoms with van der Waals surface area (Å²) in [6, 6.07) is 3.76. The van der Waals surface area contributed by atoms with Crippen molar-refractivity contribution in [2.45, 2.75) is 5.60 Å². The molecule has 0 aliphatic carbocycles. The average Bonchev–Trinajstić information content (AvgIpc) is 2.26. The number of β-amino-alcohol motifs (C(OH)–C–C–N with tert-alkyl or cyclic N) is 1. The summed E-state index contributed by atoms with van der Waals surface area (Å²) in [7, 11) is 0. The maximum atomic E-state index is 10.2. The highest BCUT2D eigenvalue weighted by atomic mass is 79.9. The third kappa shape index (κ3) is 1.50. The molecule has 1 fully saturated rings. The monoisotopic (exact) mass is 285 g/mol. The van der Waals surface area contributed by atoms with Crippen LogP contribution in [0.3, 0.4) is 0 Å². The van der Waals surface area contributed by atoms with Crippen molar-refractivity contribution < 1.29 is 14.6 Å². The summed E-state index contributed by atoms with van der Waals surface area (Å²) in [6.45, 7) is 2.29. The molecule has 2 heterocycles. The van der Waals surface area contributed by atoms with Gasteiger partial charge < -0.3 is 19.9 Å². The Morgan fingerprint density at radius 1 is 1.25 bits per heavy atom.